The van der Waals surface area contributed by atoms with E-state index in [2.05, 4.69) is 10.7 Å². The summed E-state index contributed by atoms with van der Waals surface area (Å²) in [6.45, 7) is 2.00. The maximum atomic E-state index is 13.8. The Hall–Kier alpha value is -2.49. The molecule has 0 spiro atoms. The SMILES string of the molecule is C#CCO[C@H]1CCN(C(c2ccccc2C(F)(F)F)N2CCN(C(=O)OC(C)C(F)(F)F)CC2)C1. The first-order valence-electron chi connectivity index (χ1n) is 11.1. The Morgan fingerprint density at radius 1 is 1.09 bits per heavy atom. The van der Waals surface area contributed by atoms with Gasteiger partial charge in [-0.2, -0.15) is 26.3 Å². The van der Waals surface area contributed by atoms with Gasteiger partial charge in [0.15, 0.2) is 6.10 Å². The van der Waals surface area contributed by atoms with Gasteiger partial charge in [-0.25, -0.2) is 4.79 Å². The second-order valence-electron chi connectivity index (χ2n) is 8.47. The summed E-state index contributed by atoms with van der Waals surface area (Å²) in [6.07, 6.45) is -7.79. The Morgan fingerprint density at radius 2 is 1.74 bits per heavy atom. The molecule has 0 aliphatic carbocycles. The summed E-state index contributed by atoms with van der Waals surface area (Å²) in [5.74, 6) is 2.38. The number of halogens is 6. The van der Waals surface area contributed by atoms with Gasteiger partial charge in [0.1, 0.15) is 6.61 Å². The number of hydrogen-bond acceptors (Lipinski definition) is 5. The molecule has 1 amide bonds. The van der Waals surface area contributed by atoms with Crippen LogP contribution >= 0.6 is 0 Å². The van der Waals surface area contributed by atoms with Crippen molar-refractivity contribution >= 4 is 6.09 Å². The fourth-order valence-electron chi connectivity index (χ4n) is 4.32. The van der Waals surface area contributed by atoms with E-state index in [1.807, 2.05) is 4.90 Å². The van der Waals surface area contributed by atoms with E-state index in [1.54, 1.807) is 4.90 Å². The highest BCUT2D eigenvalue weighted by atomic mass is 19.4. The summed E-state index contributed by atoms with van der Waals surface area (Å²) in [7, 11) is 0. The van der Waals surface area contributed by atoms with E-state index in [4.69, 9.17) is 11.2 Å². The minimum atomic E-state index is -4.68. The van der Waals surface area contributed by atoms with Crippen molar-refractivity contribution in [3.8, 4) is 12.3 Å². The van der Waals surface area contributed by atoms with Gasteiger partial charge >= 0.3 is 18.4 Å². The van der Waals surface area contributed by atoms with Crippen LogP contribution in [0.2, 0.25) is 0 Å². The van der Waals surface area contributed by atoms with Gasteiger partial charge < -0.3 is 14.4 Å². The molecule has 1 aromatic rings. The Morgan fingerprint density at radius 3 is 2.34 bits per heavy atom. The average Bonchev–Trinajstić information content (AvgIpc) is 3.25. The molecular weight excluding hydrogens is 480 g/mol. The van der Waals surface area contributed by atoms with Crippen LogP contribution in [0.1, 0.15) is 30.6 Å². The van der Waals surface area contributed by atoms with Crippen molar-refractivity contribution < 1.29 is 40.6 Å². The highest BCUT2D eigenvalue weighted by Gasteiger charge is 2.43. The number of nitrogens with zero attached hydrogens (tertiary/aromatic N) is 3. The molecule has 35 heavy (non-hydrogen) atoms. The highest BCUT2D eigenvalue weighted by molar-refractivity contribution is 5.68. The third kappa shape index (κ3) is 6.80. The second kappa shape index (κ2) is 11.1. The summed E-state index contributed by atoms with van der Waals surface area (Å²) in [5.41, 5.74) is -0.696. The van der Waals surface area contributed by atoms with E-state index >= 15 is 0 Å². The molecule has 2 unspecified atom stereocenters. The molecule has 0 saturated carbocycles. The van der Waals surface area contributed by atoms with Crippen LogP contribution < -0.4 is 0 Å². The maximum absolute atomic E-state index is 13.8. The Balaban J connectivity index is 1.78. The van der Waals surface area contributed by atoms with Crippen molar-refractivity contribution in [2.24, 2.45) is 0 Å². The van der Waals surface area contributed by atoms with Crippen LogP contribution in [0.3, 0.4) is 0 Å². The molecule has 1 aromatic carbocycles. The smallest absolute Gasteiger partial charge is 0.425 e. The van der Waals surface area contributed by atoms with E-state index in [1.165, 1.54) is 18.2 Å². The number of carbonyl (C=O) groups excluding carboxylic acids is 1. The number of rotatable bonds is 6. The monoisotopic (exact) mass is 507 g/mol. The first kappa shape index (κ1) is 27.1. The first-order valence-corrected chi connectivity index (χ1v) is 11.1. The topological polar surface area (TPSA) is 45.2 Å². The first-order chi connectivity index (χ1) is 16.4. The molecule has 2 saturated heterocycles. The molecule has 0 radical (unpaired) electrons. The zero-order valence-electron chi connectivity index (χ0n) is 19.1. The summed E-state index contributed by atoms with van der Waals surface area (Å²) in [4.78, 5) is 17.0. The van der Waals surface area contributed by atoms with Gasteiger partial charge in [-0.3, -0.25) is 9.80 Å². The third-order valence-corrected chi connectivity index (χ3v) is 6.13. The Labute approximate surface area is 199 Å². The third-order valence-electron chi connectivity index (χ3n) is 6.13. The summed E-state index contributed by atoms with van der Waals surface area (Å²) >= 11 is 0. The van der Waals surface area contributed by atoms with Gasteiger partial charge in [0.2, 0.25) is 0 Å². The van der Waals surface area contributed by atoms with Crippen LogP contribution in [0.5, 0.6) is 0 Å². The lowest BCUT2D eigenvalue weighted by Crippen LogP contribution is -2.53. The molecule has 2 fully saturated rings. The molecule has 2 heterocycles. The molecule has 194 valence electrons. The number of piperazine rings is 1. The Kier molecular flexibility index (Phi) is 8.56. The van der Waals surface area contributed by atoms with Gasteiger partial charge in [-0.1, -0.05) is 24.1 Å². The fourth-order valence-corrected chi connectivity index (χ4v) is 4.32. The molecule has 6 nitrogen and oxygen atoms in total. The zero-order valence-corrected chi connectivity index (χ0v) is 19.1. The fraction of sp³-hybridized carbons (Fsp3) is 0.609. The van der Waals surface area contributed by atoms with Crippen molar-refractivity contribution in [2.75, 3.05) is 45.9 Å². The van der Waals surface area contributed by atoms with E-state index in [-0.39, 0.29) is 44.5 Å². The van der Waals surface area contributed by atoms with Crippen LogP contribution in [0.15, 0.2) is 24.3 Å². The van der Waals surface area contributed by atoms with Gasteiger partial charge in [0.05, 0.1) is 17.8 Å². The maximum Gasteiger partial charge on any atom is 0.425 e. The highest BCUT2D eigenvalue weighted by Crippen LogP contribution is 2.39. The quantitative estimate of drug-likeness (QED) is 0.428. The van der Waals surface area contributed by atoms with Crippen LogP contribution in [-0.4, -0.2) is 85.1 Å². The van der Waals surface area contributed by atoms with Crippen LogP contribution in [0.4, 0.5) is 31.1 Å². The summed E-state index contributed by atoms with van der Waals surface area (Å²) < 4.78 is 89.8. The second-order valence-corrected chi connectivity index (χ2v) is 8.47. The van der Waals surface area contributed by atoms with Crippen LogP contribution in [-0.2, 0) is 15.7 Å². The largest absolute Gasteiger partial charge is 0.437 e. The normalized spacial score (nSPS) is 22.0. The number of terminal acetylenes is 1. The number of carbonyl (C=O) groups is 1. The average molecular weight is 507 g/mol. The lowest BCUT2D eigenvalue weighted by molar-refractivity contribution is -0.200. The predicted molar refractivity (Wildman–Crippen MR) is 114 cm³/mol. The Bertz CT molecular complexity index is 909. The number of ether oxygens (including phenoxy) is 2. The number of benzene rings is 1. The number of amides is 1. The molecule has 3 rings (SSSR count). The number of likely N-dealkylation sites (tertiary alicyclic amines) is 1. The van der Waals surface area contributed by atoms with Gasteiger partial charge in [-0.05, 0) is 25.0 Å². The van der Waals surface area contributed by atoms with E-state index < -0.39 is 36.3 Å². The van der Waals surface area contributed by atoms with E-state index in [9.17, 15) is 31.1 Å². The molecule has 0 N–H and O–H groups in total. The zero-order chi connectivity index (χ0) is 25.8. The predicted octanol–water partition coefficient (Wildman–Crippen LogP) is 4.13. The molecule has 2 aliphatic heterocycles. The lowest BCUT2D eigenvalue weighted by Gasteiger charge is -2.43. The van der Waals surface area contributed by atoms with Gasteiger partial charge in [0, 0.05) is 39.3 Å². The summed E-state index contributed by atoms with van der Waals surface area (Å²) in [5, 5.41) is 0. The van der Waals surface area contributed by atoms with E-state index in [0.717, 1.165) is 17.9 Å². The number of hydrogen-bond donors (Lipinski definition) is 0. The number of alkyl halides is 6. The molecular formula is C23H27F6N3O3. The van der Waals surface area contributed by atoms with Crippen LogP contribution in [0.25, 0.3) is 0 Å². The molecule has 2 aliphatic rings. The lowest BCUT2D eigenvalue weighted by atomic mass is 10.0. The van der Waals surface area contributed by atoms with Crippen molar-refractivity contribution in [2.45, 2.75) is 44.1 Å². The standard InChI is InChI=1S/C23H27F6N3O3/c1-3-14-34-17-8-9-32(15-17)20(18-6-4-5-7-19(18)23(27,28)29)30-10-12-31(13-11-30)21(33)35-16(2)22(24,25)26/h1,4-7,16-17,20H,8-15H2,2H3/t16?,17-,20?/m0/s1. The van der Waals surface area contributed by atoms with Crippen molar-refractivity contribution in [3.05, 3.63) is 35.4 Å². The van der Waals surface area contributed by atoms with E-state index in [0.29, 0.717) is 19.5 Å². The molecule has 12 heteroatoms. The summed E-state index contributed by atoms with van der Waals surface area (Å²) in [6, 6.07) is 5.31. The molecule has 3 atom stereocenters. The van der Waals surface area contributed by atoms with Crippen molar-refractivity contribution in [1.82, 2.24) is 14.7 Å². The molecule has 0 aromatic heterocycles. The molecule has 0 bridgehead atoms. The van der Waals surface area contributed by atoms with Crippen molar-refractivity contribution in [1.29, 1.82) is 0 Å². The van der Waals surface area contributed by atoms with Gasteiger partial charge in [0.25, 0.3) is 0 Å². The van der Waals surface area contributed by atoms with Gasteiger partial charge in [-0.15, -0.1) is 6.42 Å². The minimum Gasteiger partial charge on any atom is -0.437 e. The van der Waals surface area contributed by atoms with Crippen molar-refractivity contribution in [3.63, 3.8) is 0 Å². The van der Waals surface area contributed by atoms with Crippen LogP contribution in [0, 0.1) is 12.3 Å². The minimum absolute atomic E-state index is 0.0129.